The molecule has 0 spiro atoms. The summed E-state index contributed by atoms with van der Waals surface area (Å²) in [6.07, 6.45) is 45.3. The van der Waals surface area contributed by atoms with E-state index in [9.17, 15) is 13.0 Å². The third-order valence-electron chi connectivity index (χ3n) is 11.1. The molecular weight excluding hydrogens is 633 g/mol. The Morgan fingerprint density at radius 2 is 0.760 bits per heavy atom. The van der Waals surface area contributed by atoms with Crippen LogP contribution in [0.3, 0.4) is 0 Å². The first-order valence-electron chi connectivity index (χ1n) is 22.0. The average Bonchev–Trinajstić information content (AvgIpc) is 3.11. The van der Waals surface area contributed by atoms with Crippen LogP contribution in [0.5, 0.6) is 0 Å². The van der Waals surface area contributed by atoms with Crippen molar-refractivity contribution in [3.05, 3.63) is 41.5 Å². The van der Waals surface area contributed by atoms with Crippen molar-refractivity contribution < 1.29 is 13.0 Å². The van der Waals surface area contributed by atoms with Gasteiger partial charge < -0.3 is 0 Å². The fourth-order valence-corrected chi connectivity index (χ4v) is 8.66. The summed E-state index contributed by atoms with van der Waals surface area (Å²) in [5.74, 6) is 0. The van der Waals surface area contributed by atoms with Crippen molar-refractivity contribution in [2.24, 2.45) is 0 Å². The summed E-state index contributed by atoms with van der Waals surface area (Å²) < 4.78 is 34.9. The van der Waals surface area contributed by atoms with E-state index in [4.69, 9.17) is 0 Å². The number of unbranched alkanes of at least 4 members (excludes halogenated alkanes) is 30. The molecular formula is C46H80O3S. The molecule has 0 saturated heterocycles. The molecule has 4 heteroatoms. The van der Waals surface area contributed by atoms with E-state index in [2.05, 4.69) is 26.0 Å². The molecule has 288 valence electrons. The Bertz CT molecular complexity index is 1190. The van der Waals surface area contributed by atoms with Crippen molar-refractivity contribution in [3.8, 4) is 0 Å². The molecule has 0 heterocycles. The van der Waals surface area contributed by atoms with Crippen LogP contribution in [0, 0.1) is 0 Å². The molecule has 0 aromatic heterocycles. The summed E-state index contributed by atoms with van der Waals surface area (Å²) in [6, 6.07) is 9.60. The van der Waals surface area contributed by atoms with Gasteiger partial charge in [-0.2, -0.15) is 8.42 Å². The summed E-state index contributed by atoms with van der Waals surface area (Å²) >= 11 is 0. The fraction of sp³-hybridized carbons (Fsp3) is 0.783. The molecule has 0 saturated carbocycles. The topological polar surface area (TPSA) is 54.4 Å². The molecule has 0 unspecified atom stereocenters. The smallest absolute Gasteiger partial charge is 0.282 e. The number of benzene rings is 2. The lowest BCUT2D eigenvalue weighted by molar-refractivity contribution is 0.484. The molecule has 0 aliphatic heterocycles. The van der Waals surface area contributed by atoms with E-state index in [0.29, 0.717) is 0 Å². The Hall–Kier alpha value is -1.39. The van der Waals surface area contributed by atoms with Crippen molar-refractivity contribution in [1.82, 2.24) is 0 Å². The first-order valence-corrected chi connectivity index (χ1v) is 23.4. The third-order valence-corrected chi connectivity index (χ3v) is 12.0. The number of rotatable bonds is 35. The van der Waals surface area contributed by atoms with Crippen LogP contribution >= 0.6 is 0 Å². The fourth-order valence-electron chi connectivity index (χ4n) is 7.91. The van der Waals surface area contributed by atoms with Gasteiger partial charge in [-0.3, -0.25) is 4.55 Å². The van der Waals surface area contributed by atoms with Gasteiger partial charge in [0.05, 0.1) is 0 Å². The van der Waals surface area contributed by atoms with Gasteiger partial charge in [-0.15, -0.1) is 0 Å². The summed E-state index contributed by atoms with van der Waals surface area (Å²) in [7, 11) is -4.28. The van der Waals surface area contributed by atoms with E-state index in [0.717, 1.165) is 42.0 Å². The summed E-state index contributed by atoms with van der Waals surface area (Å²) in [5, 5.41) is 1.67. The van der Waals surface area contributed by atoms with Crippen LogP contribution in [0.1, 0.15) is 230 Å². The highest BCUT2D eigenvalue weighted by Gasteiger charge is 2.18. The van der Waals surface area contributed by atoms with Gasteiger partial charge in [0, 0.05) is 5.39 Å². The molecule has 0 atom stereocenters. The molecule has 0 amide bonds. The van der Waals surface area contributed by atoms with Gasteiger partial charge in [-0.05, 0) is 48.3 Å². The van der Waals surface area contributed by atoms with Crippen molar-refractivity contribution in [2.75, 3.05) is 0 Å². The van der Waals surface area contributed by atoms with Gasteiger partial charge in [0.15, 0.2) is 0 Å². The van der Waals surface area contributed by atoms with Crippen molar-refractivity contribution in [3.63, 3.8) is 0 Å². The SMILES string of the molecule is CCCCCCCCCCCCCCCCCCc1ccc2cccc(S(=O)(=O)O)c2c1CCCCCCCCCCCCCCCCCC. The number of aryl methyl sites for hydroxylation is 2. The second kappa shape index (κ2) is 30.1. The van der Waals surface area contributed by atoms with Crippen LogP contribution in [0.25, 0.3) is 10.8 Å². The second-order valence-corrected chi connectivity index (χ2v) is 17.0. The van der Waals surface area contributed by atoms with Crippen LogP contribution < -0.4 is 0 Å². The van der Waals surface area contributed by atoms with Gasteiger partial charge in [-0.1, -0.05) is 231 Å². The average molecular weight is 713 g/mol. The van der Waals surface area contributed by atoms with Crippen LogP contribution in [0.2, 0.25) is 0 Å². The maximum atomic E-state index is 12.4. The van der Waals surface area contributed by atoms with Crippen molar-refractivity contribution in [2.45, 2.75) is 237 Å². The van der Waals surface area contributed by atoms with E-state index in [-0.39, 0.29) is 4.90 Å². The Morgan fingerprint density at radius 3 is 1.12 bits per heavy atom. The van der Waals surface area contributed by atoms with E-state index in [1.54, 1.807) is 12.1 Å². The van der Waals surface area contributed by atoms with Crippen LogP contribution in [-0.2, 0) is 23.0 Å². The van der Waals surface area contributed by atoms with Gasteiger partial charge in [0.1, 0.15) is 4.90 Å². The van der Waals surface area contributed by atoms with Gasteiger partial charge in [0.25, 0.3) is 10.1 Å². The number of hydrogen-bond acceptors (Lipinski definition) is 2. The number of hydrogen-bond donors (Lipinski definition) is 1. The van der Waals surface area contributed by atoms with Gasteiger partial charge in [0.2, 0.25) is 0 Å². The molecule has 0 fully saturated rings. The normalized spacial score (nSPS) is 12.0. The Kier molecular flexibility index (Phi) is 27.0. The van der Waals surface area contributed by atoms with Crippen molar-refractivity contribution in [1.29, 1.82) is 0 Å². The van der Waals surface area contributed by atoms with Crippen molar-refractivity contribution >= 4 is 20.9 Å². The minimum absolute atomic E-state index is 0.0790. The first-order chi connectivity index (χ1) is 24.5. The first kappa shape index (κ1) is 44.8. The highest BCUT2D eigenvalue weighted by Crippen LogP contribution is 2.31. The van der Waals surface area contributed by atoms with E-state index in [1.165, 1.54) is 198 Å². The zero-order chi connectivity index (χ0) is 36.0. The quantitative estimate of drug-likeness (QED) is 0.0572. The van der Waals surface area contributed by atoms with E-state index >= 15 is 0 Å². The molecule has 3 nitrogen and oxygen atoms in total. The Balaban J connectivity index is 1.67. The maximum Gasteiger partial charge on any atom is 0.295 e. The molecule has 50 heavy (non-hydrogen) atoms. The van der Waals surface area contributed by atoms with Crippen LogP contribution in [0.15, 0.2) is 35.2 Å². The monoisotopic (exact) mass is 713 g/mol. The lowest BCUT2D eigenvalue weighted by Gasteiger charge is -2.16. The van der Waals surface area contributed by atoms with Gasteiger partial charge >= 0.3 is 0 Å². The Labute approximate surface area is 311 Å². The lowest BCUT2D eigenvalue weighted by atomic mass is 9.91. The highest BCUT2D eigenvalue weighted by molar-refractivity contribution is 7.86. The minimum atomic E-state index is -4.28. The predicted molar refractivity (Wildman–Crippen MR) is 220 cm³/mol. The van der Waals surface area contributed by atoms with Crippen LogP contribution in [0.4, 0.5) is 0 Å². The molecule has 2 rings (SSSR count). The van der Waals surface area contributed by atoms with Gasteiger partial charge in [-0.25, -0.2) is 0 Å². The second-order valence-electron chi connectivity index (χ2n) is 15.6. The molecule has 1 N–H and O–H groups in total. The zero-order valence-electron chi connectivity index (χ0n) is 33.1. The van der Waals surface area contributed by atoms with Crippen LogP contribution in [-0.4, -0.2) is 13.0 Å². The molecule has 0 bridgehead atoms. The molecule has 0 aliphatic carbocycles. The highest BCUT2D eigenvalue weighted by atomic mass is 32.2. The largest absolute Gasteiger partial charge is 0.295 e. The molecule has 0 radical (unpaired) electrons. The molecule has 2 aromatic rings. The minimum Gasteiger partial charge on any atom is -0.282 e. The predicted octanol–water partition coefficient (Wildman–Crippen LogP) is 15.7. The number of fused-ring (bicyclic) bond motifs is 1. The third kappa shape index (κ3) is 21.2. The van der Waals surface area contributed by atoms with E-state index in [1.807, 2.05) is 6.07 Å². The zero-order valence-corrected chi connectivity index (χ0v) is 33.9. The molecule has 0 aliphatic rings. The Morgan fingerprint density at radius 1 is 0.420 bits per heavy atom. The summed E-state index contributed by atoms with van der Waals surface area (Å²) in [6.45, 7) is 4.57. The van der Waals surface area contributed by atoms with E-state index < -0.39 is 10.1 Å². The summed E-state index contributed by atoms with van der Waals surface area (Å²) in [4.78, 5) is 0.0790. The summed E-state index contributed by atoms with van der Waals surface area (Å²) in [5.41, 5.74) is 2.43. The maximum absolute atomic E-state index is 12.4. The molecule has 2 aromatic carbocycles. The standard InChI is InChI=1S/C46H80O3S/c1-3-5-7-9-11-13-15-17-19-21-23-25-27-29-31-33-36-42-40-41-43-37-35-39-45(50(47,48)49)46(43)44(42)38-34-32-30-28-26-24-22-20-18-16-14-12-10-8-6-4-2/h35,37,39-41H,3-34,36,38H2,1-2H3,(H,47,48,49). The lowest BCUT2D eigenvalue weighted by Crippen LogP contribution is -2.04.